The molecule has 0 aliphatic rings. The summed E-state index contributed by atoms with van der Waals surface area (Å²) in [5, 5.41) is 8.21. The van der Waals surface area contributed by atoms with Crippen molar-refractivity contribution in [1.29, 1.82) is 0 Å². The Balaban J connectivity index is 2.07. The molecule has 0 atom stereocenters. The third kappa shape index (κ3) is 8.57. The number of benzene rings is 2. The number of nitrogens with one attached hydrogen (secondary N) is 3. The van der Waals surface area contributed by atoms with Crippen molar-refractivity contribution in [3.05, 3.63) is 53.8 Å². The van der Waals surface area contributed by atoms with Crippen LogP contribution in [0.1, 0.15) is 26.3 Å². The molecule has 2 aromatic rings. The number of hydrogen-bond donors (Lipinski definition) is 3. The second-order valence-electron chi connectivity index (χ2n) is 6.69. The molecule has 0 heterocycles. The molecule has 32 heavy (non-hydrogen) atoms. The zero-order valence-electron chi connectivity index (χ0n) is 17.7. The van der Waals surface area contributed by atoms with Crippen molar-refractivity contribution in [3.63, 3.8) is 0 Å². The van der Waals surface area contributed by atoms with Gasteiger partial charge in [0.15, 0.2) is 0 Å². The molecule has 2 amide bonds. The zero-order chi connectivity index (χ0) is 23.5. The van der Waals surface area contributed by atoms with Crippen LogP contribution in [0.4, 0.5) is 31.0 Å². The first-order valence-corrected chi connectivity index (χ1v) is 11.4. The standard InChI is InChI=1S/C21H24FIN3O6/c1-4-30-20(28)25-17-10-9-16(24-12-14-5-7-15(22)8-6-14)11-18(17)26-21(29)32-23-31-19(27)13(2)3/h5-11,13,24H,4,12H2,1-3H3,(H,25,28)(H,26,29)/q-1. The van der Waals surface area contributed by atoms with E-state index in [-0.39, 0.29) is 29.7 Å². The van der Waals surface area contributed by atoms with Crippen LogP contribution in [0.15, 0.2) is 42.5 Å². The zero-order valence-corrected chi connectivity index (χ0v) is 19.9. The van der Waals surface area contributed by atoms with Gasteiger partial charge in [-0.05, 0) is 0 Å². The number of halogens is 2. The average Bonchev–Trinajstić information content (AvgIpc) is 2.75. The Labute approximate surface area is 196 Å². The quantitative estimate of drug-likeness (QED) is 0.400. The first-order valence-electron chi connectivity index (χ1n) is 9.68. The molecular weight excluding hydrogens is 536 g/mol. The molecule has 0 unspecified atom stereocenters. The molecule has 0 bridgehead atoms. The molecule has 0 aromatic heterocycles. The number of anilines is 3. The molecule has 3 N–H and O–H groups in total. The van der Waals surface area contributed by atoms with Gasteiger partial charge in [0.2, 0.25) is 0 Å². The molecule has 0 saturated heterocycles. The predicted octanol–water partition coefficient (Wildman–Crippen LogP) is 1.67. The van der Waals surface area contributed by atoms with Crippen molar-refractivity contribution in [2.45, 2.75) is 27.3 Å². The Morgan fingerprint density at radius 2 is 1.66 bits per heavy atom. The molecule has 0 aliphatic carbocycles. The Morgan fingerprint density at radius 1 is 0.969 bits per heavy atom. The van der Waals surface area contributed by atoms with Crippen LogP contribution >= 0.6 is 0 Å². The molecule has 174 valence electrons. The summed E-state index contributed by atoms with van der Waals surface area (Å²) in [6.45, 7) is 5.60. The monoisotopic (exact) mass is 560 g/mol. The summed E-state index contributed by atoms with van der Waals surface area (Å²) < 4.78 is 27.8. The fraction of sp³-hybridized carbons (Fsp3) is 0.286. The predicted molar refractivity (Wildman–Crippen MR) is 112 cm³/mol. The summed E-state index contributed by atoms with van der Waals surface area (Å²) in [7, 11) is 0. The molecule has 0 spiro atoms. The number of carbonyl (C=O) groups excluding carboxylic acids is 3. The summed E-state index contributed by atoms with van der Waals surface area (Å²) >= 11 is -1.59. The van der Waals surface area contributed by atoms with E-state index in [9.17, 15) is 18.8 Å². The van der Waals surface area contributed by atoms with Crippen LogP contribution in [-0.4, -0.2) is 24.8 Å². The van der Waals surface area contributed by atoms with E-state index in [1.54, 1.807) is 51.1 Å². The number of rotatable bonds is 9. The van der Waals surface area contributed by atoms with Gasteiger partial charge >= 0.3 is 192 Å². The van der Waals surface area contributed by atoms with Gasteiger partial charge in [-0.25, -0.2) is 4.39 Å². The van der Waals surface area contributed by atoms with Crippen molar-refractivity contribution in [1.82, 2.24) is 0 Å². The summed E-state index contributed by atoms with van der Waals surface area (Å²) in [6.07, 6.45) is -1.52. The molecule has 9 nitrogen and oxygen atoms in total. The molecule has 0 radical (unpaired) electrons. The Bertz CT molecular complexity index is 940. The second-order valence-corrected chi connectivity index (χ2v) is 7.93. The minimum absolute atomic E-state index is 0.180. The van der Waals surface area contributed by atoms with Gasteiger partial charge in [-0.15, -0.1) is 0 Å². The fourth-order valence-corrected chi connectivity index (χ4v) is 3.29. The first-order chi connectivity index (χ1) is 15.3. The van der Waals surface area contributed by atoms with Gasteiger partial charge in [-0.1, -0.05) is 0 Å². The van der Waals surface area contributed by atoms with Gasteiger partial charge in [-0.2, -0.15) is 0 Å². The summed E-state index contributed by atoms with van der Waals surface area (Å²) in [6, 6.07) is 10.9. The topological polar surface area (TPSA) is 115 Å². The summed E-state index contributed by atoms with van der Waals surface area (Å²) in [5.41, 5.74) is 2.00. The van der Waals surface area contributed by atoms with E-state index in [2.05, 4.69) is 16.0 Å². The van der Waals surface area contributed by atoms with Crippen LogP contribution in [-0.2, 0) is 22.2 Å². The maximum absolute atomic E-state index is 13.1. The minimum atomic E-state index is -1.59. The third-order valence-corrected chi connectivity index (χ3v) is 5.05. The van der Waals surface area contributed by atoms with Crippen LogP contribution < -0.4 is 38.0 Å². The van der Waals surface area contributed by atoms with E-state index in [4.69, 9.17) is 10.9 Å². The van der Waals surface area contributed by atoms with E-state index in [1.165, 1.54) is 12.1 Å². The Hall–Kier alpha value is -3.09. The molecule has 0 aliphatic heterocycles. The van der Waals surface area contributed by atoms with Gasteiger partial charge in [0.05, 0.1) is 0 Å². The molecular formula is C21H24FIN3O6-. The first kappa shape index (κ1) is 25.2. The SMILES string of the molecule is CCOC(=O)Nc1ccc(NCc2ccc(F)cc2)cc1NC(=O)O[I-]OC(=O)C(C)C. The van der Waals surface area contributed by atoms with Crippen LogP contribution in [0.2, 0.25) is 0 Å². The van der Waals surface area contributed by atoms with Crippen molar-refractivity contribution in [2.24, 2.45) is 5.92 Å². The van der Waals surface area contributed by atoms with E-state index in [1.807, 2.05) is 0 Å². The Morgan fingerprint density at radius 3 is 2.31 bits per heavy atom. The van der Waals surface area contributed by atoms with Gasteiger partial charge in [0.1, 0.15) is 0 Å². The fourth-order valence-electron chi connectivity index (χ4n) is 2.24. The Kier molecular flexibility index (Phi) is 9.98. The van der Waals surface area contributed by atoms with Crippen LogP contribution in [0, 0.1) is 11.7 Å². The van der Waals surface area contributed by atoms with E-state index < -0.39 is 40.2 Å². The van der Waals surface area contributed by atoms with Gasteiger partial charge in [0, 0.05) is 0 Å². The van der Waals surface area contributed by atoms with E-state index in [0.29, 0.717) is 12.2 Å². The molecule has 0 saturated carbocycles. The molecule has 2 rings (SSSR count). The number of ether oxygens (including phenoxy) is 1. The summed E-state index contributed by atoms with van der Waals surface area (Å²) in [4.78, 5) is 35.4. The maximum atomic E-state index is 13.1. The second kappa shape index (κ2) is 12.7. The van der Waals surface area contributed by atoms with Gasteiger partial charge < -0.3 is 0 Å². The average molecular weight is 560 g/mol. The number of hydrogen-bond acceptors (Lipinski definition) is 7. The number of carbonyl (C=O) groups is 3. The normalized spacial score (nSPS) is 10.4. The van der Waals surface area contributed by atoms with Crippen LogP contribution in [0.3, 0.4) is 0 Å². The van der Waals surface area contributed by atoms with E-state index in [0.717, 1.165) is 5.56 Å². The number of amides is 2. The van der Waals surface area contributed by atoms with Crippen molar-refractivity contribution < 1.29 is 51.7 Å². The van der Waals surface area contributed by atoms with Crippen LogP contribution in [0.5, 0.6) is 0 Å². The molecule has 11 heteroatoms. The summed E-state index contributed by atoms with van der Waals surface area (Å²) in [5.74, 6) is -1.11. The van der Waals surface area contributed by atoms with Crippen molar-refractivity contribution in [2.75, 3.05) is 22.6 Å². The van der Waals surface area contributed by atoms with E-state index >= 15 is 0 Å². The van der Waals surface area contributed by atoms with Crippen molar-refractivity contribution in [3.8, 4) is 0 Å². The van der Waals surface area contributed by atoms with Gasteiger partial charge in [0.25, 0.3) is 0 Å². The molecule has 2 aromatic carbocycles. The third-order valence-electron chi connectivity index (χ3n) is 3.86. The van der Waals surface area contributed by atoms with Gasteiger partial charge in [-0.3, -0.25) is 0 Å². The molecule has 0 fully saturated rings. The van der Waals surface area contributed by atoms with Crippen LogP contribution in [0.25, 0.3) is 0 Å². The van der Waals surface area contributed by atoms with Crippen molar-refractivity contribution >= 4 is 35.2 Å².